The van der Waals surface area contributed by atoms with E-state index in [9.17, 15) is 18.9 Å². The van der Waals surface area contributed by atoms with Crippen LogP contribution < -0.4 is 4.74 Å². The Bertz CT molecular complexity index is 755. The summed E-state index contributed by atoms with van der Waals surface area (Å²) in [6.45, 7) is -3.05. The van der Waals surface area contributed by atoms with Gasteiger partial charge >= 0.3 is 6.61 Å². The number of nitrogens with zero attached hydrogens (tertiary/aromatic N) is 3. The van der Waals surface area contributed by atoms with Crippen LogP contribution in [0.2, 0.25) is 10.0 Å². The molecular weight excluding hydrogens is 411 g/mol. The van der Waals surface area contributed by atoms with Crippen molar-refractivity contribution in [1.82, 2.24) is 9.78 Å². The minimum atomic E-state index is -3.05. The number of aryl methyl sites for hydroxylation is 1. The van der Waals surface area contributed by atoms with Crippen LogP contribution in [0.4, 0.5) is 14.5 Å². The van der Waals surface area contributed by atoms with Crippen molar-refractivity contribution in [3.05, 3.63) is 36.8 Å². The Labute approximate surface area is 140 Å². The normalized spacial score (nSPS) is 11.0. The highest BCUT2D eigenvalue weighted by molar-refractivity contribution is 9.10. The maximum absolute atomic E-state index is 12.4. The van der Waals surface area contributed by atoms with E-state index in [4.69, 9.17) is 23.2 Å². The molecule has 0 aliphatic heterocycles. The van der Waals surface area contributed by atoms with Gasteiger partial charge in [-0.15, -0.1) is 0 Å². The zero-order chi connectivity index (χ0) is 16.6. The van der Waals surface area contributed by atoms with Crippen LogP contribution in [0.15, 0.2) is 16.6 Å². The molecule has 2 rings (SSSR count). The van der Waals surface area contributed by atoms with Crippen molar-refractivity contribution in [3.8, 4) is 17.1 Å². The van der Waals surface area contributed by atoms with Crippen molar-refractivity contribution in [1.29, 1.82) is 0 Å². The molecule has 0 aliphatic rings. The summed E-state index contributed by atoms with van der Waals surface area (Å²) in [5.74, 6) is -0.237. The first-order chi connectivity index (χ1) is 10.2. The summed E-state index contributed by atoms with van der Waals surface area (Å²) in [4.78, 5) is 10.3. The first kappa shape index (κ1) is 16.9. The molecule has 6 nitrogen and oxygen atoms in total. The second kappa shape index (κ2) is 6.35. The molecule has 0 spiro atoms. The first-order valence-corrected chi connectivity index (χ1v) is 7.08. The molecule has 0 saturated heterocycles. The van der Waals surface area contributed by atoms with Gasteiger partial charge in [0.05, 0.1) is 9.95 Å². The fraction of sp³-hybridized carbons (Fsp3) is 0.182. The van der Waals surface area contributed by atoms with E-state index in [2.05, 4.69) is 25.8 Å². The fourth-order valence-corrected chi connectivity index (χ4v) is 2.91. The summed E-state index contributed by atoms with van der Waals surface area (Å²) in [6.07, 6.45) is 0. The number of hydrogen-bond acceptors (Lipinski definition) is 4. The molecule has 11 heteroatoms. The third-order valence-corrected chi connectivity index (χ3v) is 3.96. The molecule has 0 bridgehead atoms. The maximum Gasteiger partial charge on any atom is 0.388 e. The molecule has 0 amide bonds. The number of benzene rings is 1. The summed E-state index contributed by atoms with van der Waals surface area (Å²) in [7, 11) is 1.38. The van der Waals surface area contributed by atoms with Crippen molar-refractivity contribution in [2.75, 3.05) is 0 Å². The lowest BCUT2D eigenvalue weighted by Crippen LogP contribution is -2.06. The van der Waals surface area contributed by atoms with Gasteiger partial charge in [-0.25, -0.2) is 4.68 Å². The standard InChI is InChI=1S/C11H6BrCl2F2N3O3/c1-18-10(22-11(15)16)8(12)9(17-18)4-2-7(19(20)21)6(14)3-5(4)13/h2-3,11H,1H3. The largest absolute Gasteiger partial charge is 0.416 e. The molecule has 0 atom stereocenters. The second-order valence-electron chi connectivity index (χ2n) is 4.01. The molecule has 0 radical (unpaired) electrons. The van der Waals surface area contributed by atoms with E-state index in [1.54, 1.807) is 0 Å². The minimum absolute atomic E-state index is 0.0815. The Balaban J connectivity index is 2.62. The van der Waals surface area contributed by atoms with E-state index >= 15 is 0 Å². The van der Waals surface area contributed by atoms with Crippen LogP contribution in [0.1, 0.15) is 0 Å². The highest BCUT2D eigenvalue weighted by Crippen LogP contribution is 2.41. The average molecular weight is 417 g/mol. The predicted molar refractivity (Wildman–Crippen MR) is 79.7 cm³/mol. The van der Waals surface area contributed by atoms with Gasteiger partial charge in [0.25, 0.3) is 5.69 Å². The summed E-state index contributed by atoms with van der Waals surface area (Å²) in [6, 6.07) is 2.30. The molecule has 118 valence electrons. The van der Waals surface area contributed by atoms with Gasteiger partial charge in [-0.2, -0.15) is 13.9 Å². The quantitative estimate of drug-likeness (QED) is 0.536. The van der Waals surface area contributed by atoms with Crippen molar-refractivity contribution >= 4 is 44.8 Å². The van der Waals surface area contributed by atoms with Gasteiger partial charge in [-0.3, -0.25) is 10.1 Å². The second-order valence-corrected chi connectivity index (χ2v) is 5.62. The first-order valence-electron chi connectivity index (χ1n) is 5.53. The average Bonchev–Trinajstić information content (AvgIpc) is 2.66. The zero-order valence-electron chi connectivity index (χ0n) is 10.7. The predicted octanol–water partition coefficient (Wildman–Crippen LogP) is 4.67. The van der Waals surface area contributed by atoms with Crippen molar-refractivity contribution in [2.45, 2.75) is 6.61 Å². The summed E-state index contributed by atoms with van der Waals surface area (Å²) in [5.41, 5.74) is -0.109. The van der Waals surface area contributed by atoms with Crippen LogP contribution >= 0.6 is 39.1 Å². The van der Waals surface area contributed by atoms with E-state index < -0.39 is 11.5 Å². The van der Waals surface area contributed by atoms with E-state index in [1.807, 2.05) is 0 Å². The van der Waals surface area contributed by atoms with E-state index in [1.165, 1.54) is 13.1 Å². The SMILES string of the molecule is Cn1nc(-c2cc([N+](=O)[O-])c(Cl)cc2Cl)c(Br)c1OC(F)F. The summed E-state index contributed by atoms with van der Waals surface area (Å²) < 4.78 is 30.2. The van der Waals surface area contributed by atoms with Crippen molar-refractivity contribution in [3.63, 3.8) is 0 Å². The van der Waals surface area contributed by atoms with Gasteiger partial charge in [-0.1, -0.05) is 23.2 Å². The van der Waals surface area contributed by atoms with Crippen LogP contribution in [-0.2, 0) is 7.05 Å². The van der Waals surface area contributed by atoms with Gasteiger partial charge in [0.1, 0.15) is 15.2 Å². The van der Waals surface area contributed by atoms with E-state index in [-0.39, 0.29) is 37.3 Å². The number of nitro benzene ring substituents is 1. The number of hydrogen-bond donors (Lipinski definition) is 0. The molecule has 0 unspecified atom stereocenters. The number of ether oxygens (including phenoxy) is 1. The van der Waals surface area contributed by atoms with Gasteiger partial charge < -0.3 is 4.74 Å². The molecule has 0 aliphatic carbocycles. The minimum Gasteiger partial charge on any atom is -0.416 e. The third kappa shape index (κ3) is 3.16. The zero-order valence-corrected chi connectivity index (χ0v) is 13.8. The van der Waals surface area contributed by atoms with Gasteiger partial charge in [-0.05, 0) is 22.0 Å². The Hall–Kier alpha value is -1.45. The Morgan fingerprint density at radius 1 is 1.41 bits per heavy atom. The molecule has 0 fully saturated rings. The lowest BCUT2D eigenvalue weighted by Gasteiger charge is -2.04. The third-order valence-electron chi connectivity index (χ3n) is 2.63. The number of halogens is 5. The van der Waals surface area contributed by atoms with Crippen LogP contribution in [-0.4, -0.2) is 21.3 Å². The van der Waals surface area contributed by atoms with E-state index in [0.29, 0.717) is 0 Å². The molecule has 22 heavy (non-hydrogen) atoms. The molecule has 2 aromatic rings. The summed E-state index contributed by atoms with van der Waals surface area (Å²) >= 11 is 14.8. The molecule has 1 aromatic carbocycles. The van der Waals surface area contributed by atoms with Crippen LogP contribution in [0.25, 0.3) is 11.3 Å². The van der Waals surface area contributed by atoms with Crippen LogP contribution in [0.5, 0.6) is 5.88 Å². The van der Waals surface area contributed by atoms with Crippen LogP contribution in [0, 0.1) is 10.1 Å². The molecular formula is C11H6BrCl2F2N3O3. The van der Waals surface area contributed by atoms with Crippen molar-refractivity contribution in [2.24, 2.45) is 7.05 Å². The number of rotatable bonds is 4. The fourth-order valence-electron chi connectivity index (χ4n) is 1.73. The highest BCUT2D eigenvalue weighted by atomic mass is 79.9. The molecule has 1 aromatic heterocycles. The van der Waals surface area contributed by atoms with Crippen molar-refractivity contribution < 1.29 is 18.4 Å². The lowest BCUT2D eigenvalue weighted by molar-refractivity contribution is -0.384. The number of alkyl halides is 2. The van der Waals surface area contributed by atoms with Gasteiger partial charge in [0, 0.05) is 18.7 Å². The highest BCUT2D eigenvalue weighted by Gasteiger charge is 2.24. The maximum atomic E-state index is 12.4. The summed E-state index contributed by atoms with van der Waals surface area (Å²) in [5, 5.41) is 14.9. The number of nitro groups is 1. The Morgan fingerprint density at radius 2 is 2.05 bits per heavy atom. The van der Waals surface area contributed by atoms with Gasteiger partial charge in [0.15, 0.2) is 0 Å². The lowest BCUT2D eigenvalue weighted by atomic mass is 10.1. The van der Waals surface area contributed by atoms with Gasteiger partial charge in [0.2, 0.25) is 5.88 Å². The monoisotopic (exact) mass is 415 g/mol. The molecule has 0 saturated carbocycles. The Morgan fingerprint density at radius 3 is 2.59 bits per heavy atom. The topological polar surface area (TPSA) is 70.2 Å². The van der Waals surface area contributed by atoms with Crippen LogP contribution in [0.3, 0.4) is 0 Å². The Kier molecular flexibility index (Phi) is 4.88. The molecule has 0 N–H and O–H groups in total. The smallest absolute Gasteiger partial charge is 0.388 e. The number of aromatic nitrogens is 2. The van der Waals surface area contributed by atoms with E-state index in [0.717, 1.165) is 10.7 Å². The molecule has 1 heterocycles.